The van der Waals surface area contributed by atoms with E-state index in [-0.39, 0.29) is 5.56 Å². The first-order valence-corrected chi connectivity index (χ1v) is 7.46. The average molecular weight is 298 g/mol. The van der Waals surface area contributed by atoms with Crippen LogP contribution in [0.25, 0.3) is 0 Å². The Kier molecular flexibility index (Phi) is 5.30. The summed E-state index contributed by atoms with van der Waals surface area (Å²) >= 11 is 0. The van der Waals surface area contributed by atoms with Crippen molar-refractivity contribution in [2.24, 2.45) is 0 Å². The van der Waals surface area contributed by atoms with Crippen LogP contribution < -0.4 is 0 Å². The zero-order chi connectivity index (χ0) is 15.6. The lowest BCUT2D eigenvalue weighted by molar-refractivity contribution is 0.0480. The number of piperazine rings is 1. The molecule has 0 aliphatic carbocycles. The van der Waals surface area contributed by atoms with E-state index >= 15 is 0 Å². The lowest BCUT2D eigenvalue weighted by atomic mass is 10.0. The second kappa shape index (κ2) is 6.81. The number of aliphatic hydroxyl groups excluding tert-OH is 1. The molecule has 0 amide bonds. The molecule has 0 bridgehead atoms. The molecule has 3 unspecified atom stereocenters. The molecule has 3 atom stereocenters. The zero-order valence-electron chi connectivity index (χ0n) is 12.9. The third kappa shape index (κ3) is 3.78. The highest BCUT2D eigenvalue weighted by Crippen LogP contribution is 2.23. The number of nitrogens with zero attached hydrogens (tertiary/aromatic N) is 2. The maximum atomic E-state index is 13.6. The molecule has 1 aliphatic heterocycles. The summed E-state index contributed by atoms with van der Waals surface area (Å²) in [6, 6.07) is 4.85. The molecule has 0 spiro atoms. The fourth-order valence-electron chi connectivity index (χ4n) is 2.93. The highest BCUT2D eigenvalue weighted by atomic mass is 19.2. The van der Waals surface area contributed by atoms with Crippen molar-refractivity contribution in [2.45, 2.75) is 38.5 Å². The molecule has 0 saturated carbocycles. The van der Waals surface area contributed by atoms with Gasteiger partial charge in [-0.05, 0) is 33.4 Å². The van der Waals surface area contributed by atoms with E-state index in [1.165, 1.54) is 12.1 Å². The van der Waals surface area contributed by atoms with Gasteiger partial charge >= 0.3 is 0 Å². The maximum absolute atomic E-state index is 13.6. The van der Waals surface area contributed by atoms with Crippen molar-refractivity contribution in [2.75, 3.05) is 26.7 Å². The number of hydrogen-bond acceptors (Lipinski definition) is 3. The molecule has 0 radical (unpaired) electrons. The lowest BCUT2D eigenvalue weighted by Gasteiger charge is -2.42. The fraction of sp³-hybridized carbons (Fsp3) is 0.625. The number of hydrogen-bond donors (Lipinski definition) is 1. The average Bonchev–Trinajstić information content (AvgIpc) is 2.45. The molecule has 1 heterocycles. The SMILES string of the molecule is CC1CN(CCC(O)c2cccc(F)c2F)CC(C)N1C. The van der Waals surface area contributed by atoms with E-state index in [2.05, 4.69) is 30.7 Å². The van der Waals surface area contributed by atoms with Crippen molar-refractivity contribution in [1.29, 1.82) is 0 Å². The van der Waals surface area contributed by atoms with Gasteiger partial charge < -0.3 is 10.0 Å². The largest absolute Gasteiger partial charge is 0.388 e. The van der Waals surface area contributed by atoms with E-state index < -0.39 is 17.7 Å². The topological polar surface area (TPSA) is 26.7 Å². The molecule has 1 aromatic rings. The van der Waals surface area contributed by atoms with E-state index in [4.69, 9.17) is 0 Å². The first kappa shape index (κ1) is 16.3. The Hall–Kier alpha value is -1.04. The quantitative estimate of drug-likeness (QED) is 0.925. The summed E-state index contributed by atoms with van der Waals surface area (Å²) in [6.07, 6.45) is -0.560. The van der Waals surface area contributed by atoms with Gasteiger partial charge in [-0.3, -0.25) is 4.90 Å². The number of likely N-dealkylation sites (N-methyl/N-ethyl adjacent to an activating group) is 1. The van der Waals surface area contributed by atoms with Crippen LogP contribution in [-0.2, 0) is 0 Å². The predicted molar refractivity (Wildman–Crippen MR) is 79.1 cm³/mol. The van der Waals surface area contributed by atoms with Crippen LogP contribution in [0.1, 0.15) is 31.9 Å². The second-order valence-electron chi connectivity index (χ2n) is 6.07. The Bertz CT molecular complexity index is 471. The van der Waals surface area contributed by atoms with E-state index in [0.29, 0.717) is 25.0 Å². The van der Waals surface area contributed by atoms with Crippen LogP contribution in [0, 0.1) is 11.6 Å². The van der Waals surface area contributed by atoms with Crippen molar-refractivity contribution < 1.29 is 13.9 Å². The Morgan fingerprint density at radius 2 is 1.86 bits per heavy atom. The van der Waals surface area contributed by atoms with E-state index in [0.717, 1.165) is 19.2 Å². The molecule has 1 N–H and O–H groups in total. The van der Waals surface area contributed by atoms with Crippen molar-refractivity contribution in [3.05, 3.63) is 35.4 Å². The van der Waals surface area contributed by atoms with Gasteiger partial charge in [-0.1, -0.05) is 12.1 Å². The molecular weight excluding hydrogens is 274 g/mol. The molecule has 0 aromatic heterocycles. The van der Waals surface area contributed by atoms with Crippen LogP contribution in [0.5, 0.6) is 0 Å². The molecule has 1 saturated heterocycles. The van der Waals surface area contributed by atoms with Gasteiger partial charge in [0.2, 0.25) is 0 Å². The van der Waals surface area contributed by atoms with Gasteiger partial charge in [0.05, 0.1) is 6.10 Å². The number of aliphatic hydroxyl groups is 1. The Balaban J connectivity index is 1.92. The Labute approximate surface area is 125 Å². The van der Waals surface area contributed by atoms with Crippen LogP contribution in [0.4, 0.5) is 8.78 Å². The molecule has 2 rings (SSSR count). The predicted octanol–water partition coefficient (Wildman–Crippen LogP) is 2.41. The molecule has 1 aromatic carbocycles. The first-order chi connectivity index (χ1) is 9.90. The number of halogens is 2. The minimum atomic E-state index is -0.967. The van der Waals surface area contributed by atoms with Gasteiger partial charge in [0.1, 0.15) is 0 Å². The third-order valence-electron chi connectivity index (χ3n) is 4.49. The number of benzene rings is 1. The van der Waals surface area contributed by atoms with Gasteiger partial charge in [-0.25, -0.2) is 8.78 Å². The Morgan fingerprint density at radius 1 is 1.24 bits per heavy atom. The summed E-state index contributed by atoms with van der Waals surface area (Å²) in [6.45, 7) is 6.88. The van der Waals surface area contributed by atoms with Crippen LogP contribution in [0.3, 0.4) is 0 Å². The zero-order valence-corrected chi connectivity index (χ0v) is 12.9. The van der Waals surface area contributed by atoms with Crippen molar-refractivity contribution in [3.8, 4) is 0 Å². The van der Waals surface area contributed by atoms with Gasteiger partial charge in [0.15, 0.2) is 11.6 Å². The summed E-state index contributed by atoms with van der Waals surface area (Å²) in [7, 11) is 2.11. The highest BCUT2D eigenvalue weighted by Gasteiger charge is 2.27. The number of rotatable bonds is 4. The first-order valence-electron chi connectivity index (χ1n) is 7.46. The molecular formula is C16H24F2N2O. The second-order valence-corrected chi connectivity index (χ2v) is 6.07. The van der Waals surface area contributed by atoms with Crippen LogP contribution in [0.2, 0.25) is 0 Å². The molecule has 3 nitrogen and oxygen atoms in total. The Morgan fingerprint density at radius 3 is 2.48 bits per heavy atom. The molecule has 118 valence electrons. The van der Waals surface area contributed by atoms with Gasteiger partial charge in [0.25, 0.3) is 0 Å². The minimum Gasteiger partial charge on any atom is -0.388 e. The van der Waals surface area contributed by atoms with Crippen LogP contribution in [-0.4, -0.2) is 53.7 Å². The lowest BCUT2D eigenvalue weighted by Crippen LogP contribution is -2.55. The minimum absolute atomic E-state index is 0.0465. The van der Waals surface area contributed by atoms with Crippen molar-refractivity contribution in [3.63, 3.8) is 0 Å². The third-order valence-corrected chi connectivity index (χ3v) is 4.49. The summed E-state index contributed by atoms with van der Waals surface area (Å²) in [5.41, 5.74) is 0.0465. The standard InChI is InChI=1S/C16H24F2N2O/c1-11-9-20(10-12(2)19(11)3)8-7-15(21)13-5-4-6-14(17)16(13)18/h4-6,11-12,15,21H,7-10H2,1-3H3. The van der Waals surface area contributed by atoms with Crippen LogP contribution >= 0.6 is 0 Å². The smallest absolute Gasteiger partial charge is 0.164 e. The molecule has 21 heavy (non-hydrogen) atoms. The monoisotopic (exact) mass is 298 g/mol. The fourth-order valence-corrected chi connectivity index (χ4v) is 2.93. The van der Waals surface area contributed by atoms with Gasteiger partial charge in [-0.2, -0.15) is 0 Å². The summed E-state index contributed by atoms with van der Waals surface area (Å²) < 4.78 is 26.8. The van der Waals surface area contributed by atoms with E-state index in [1.807, 2.05) is 0 Å². The summed E-state index contributed by atoms with van der Waals surface area (Å²) in [5.74, 6) is -1.85. The van der Waals surface area contributed by atoms with Crippen LogP contribution in [0.15, 0.2) is 18.2 Å². The maximum Gasteiger partial charge on any atom is 0.164 e. The summed E-state index contributed by atoms with van der Waals surface area (Å²) in [5, 5.41) is 10.1. The van der Waals surface area contributed by atoms with E-state index in [1.54, 1.807) is 0 Å². The normalized spacial score (nSPS) is 26.0. The van der Waals surface area contributed by atoms with Gasteiger partial charge in [-0.15, -0.1) is 0 Å². The summed E-state index contributed by atoms with van der Waals surface area (Å²) in [4.78, 5) is 4.61. The molecule has 1 aliphatic rings. The molecule has 1 fully saturated rings. The molecule has 5 heteroatoms. The highest BCUT2D eigenvalue weighted by molar-refractivity contribution is 5.21. The van der Waals surface area contributed by atoms with Gasteiger partial charge in [0, 0.05) is 37.3 Å². The van der Waals surface area contributed by atoms with Crippen molar-refractivity contribution >= 4 is 0 Å². The van der Waals surface area contributed by atoms with E-state index in [9.17, 15) is 13.9 Å². The van der Waals surface area contributed by atoms with Crippen molar-refractivity contribution in [1.82, 2.24) is 9.80 Å².